The number of unbranched alkanes of at least 4 members (excludes halogenated alkanes) is 1. The molecule has 132 valence electrons. The van der Waals surface area contributed by atoms with E-state index in [1.165, 1.54) is 12.7 Å². The Morgan fingerprint density at radius 2 is 1.84 bits per heavy atom. The summed E-state index contributed by atoms with van der Waals surface area (Å²) in [5.74, 6) is -0.386. The normalized spacial score (nSPS) is 10.2. The van der Waals surface area contributed by atoms with Gasteiger partial charge in [-0.25, -0.2) is 4.79 Å². The molecule has 0 fully saturated rings. The summed E-state index contributed by atoms with van der Waals surface area (Å²) >= 11 is 0. The molecular weight excluding hydrogens is 318 g/mol. The summed E-state index contributed by atoms with van der Waals surface area (Å²) in [6, 6.07) is 14.3. The molecule has 5 heteroatoms. The van der Waals surface area contributed by atoms with E-state index in [4.69, 9.17) is 9.47 Å². The quantitative estimate of drug-likeness (QED) is 0.741. The molecule has 0 atom stereocenters. The molecule has 0 aliphatic heterocycles. The van der Waals surface area contributed by atoms with Crippen LogP contribution < -0.4 is 10.1 Å². The second-order valence-electron chi connectivity index (χ2n) is 5.66. The third kappa shape index (κ3) is 5.95. The molecular formula is C20H23NO4. The number of ether oxygens (including phenoxy) is 2. The second kappa shape index (κ2) is 9.47. The van der Waals surface area contributed by atoms with Gasteiger partial charge in [-0.1, -0.05) is 31.5 Å². The van der Waals surface area contributed by atoms with Crippen LogP contribution in [0, 0.1) is 0 Å². The summed E-state index contributed by atoms with van der Waals surface area (Å²) in [4.78, 5) is 23.9. The van der Waals surface area contributed by atoms with Crippen LogP contribution in [0.3, 0.4) is 0 Å². The summed E-state index contributed by atoms with van der Waals surface area (Å²) in [6.07, 6.45) is 3.33. The number of hydrogen-bond donors (Lipinski definition) is 1. The van der Waals surface area contributed by atoms with Crippen LogP contribution in [0.15, 0.2) is 48.5 Å². The van der Waals surface area contributed by atoms with Gasteiger partial charge in [0.05, 0.1) is 12.7 Å². The maximum Gasteiger partial charge on any atom is 0.338 e. The molecule has 25 heavy (non-hydrogen) atoms. The lowest BCUT2D eigenvalue weighted by Crippen LogP contribution is -2.20. The zero-order valence-corrected chi connectivity index (χ0v) is 14.6. The van der Waals surface area contributed by atoms with Crippen molar-refractivity contribution in [3.8, 4) is 5.75 Å². The largest absolute Gasteiger partial charge is 0.497 e. The van der Waals surface area contributed by atoms with Crippen molar-refractivity contribution in [2.24, 2.45) is 0 Å². The van der Waals surface area contributed by atoms with Crippen LogP contribution in [0.4, 0.5) is 5.69 Å². The molecule has 0 spiro atoms. The monoisotopic (exact) mass is 341 g/mol. The van der Waals surface area contributed by atoms with Crippen molar-refractivity contribution in [3.05, 3.63) is 59.7 Å². The molecule has 0 aliphatic rings. The van der Waals surface area contributed by atoms with E-state index in [1.54, 1.807) is 24.3 Å². The SMILES string of the molecule is CCCCc1ccc(NC(=O)COC(=O)c2cccc(OC)c2)cc1. The summed E-state index contributed by atoms with van der Waals surface area (Å²) in [5, 5.41) is 2.71. The molecule has 2 rings (SSSR count). The van der Waals surface area contributed by atoms with Gasteiger partial charge in [-0.2, -0.15) is 0 Å². The van der Waals surface area contributed by atoms with Crippen molar-refractivity contribution in [1.29, 1.82) is 0 Å². The minimum absolute atomic E-state index is 0.340. The Kier molecular flexibility index (Phi) is 7.01. The summed E-state index contributed by atoms with van der Waals surface area (Å²) in [5.41, 5.74) is 2.26. The molecule has 0 unspecified atom stereocenters. The van der Waals surface area contributed by atoms with Gasteiger partial charge < -0.3 is 14.8 Å². The molecule has 0 bridgehead atoms. The smallest absolute Gasteiger partial charge is 0.338 e. The van der Waals surface area contributed by atoms with E-state index in [1.807, 2.05) is 24.3 Å². The number of rotatable bonds is 8. The number of carbonyl (C=O) groups is 2. The molecule has 1 amide bonds. The first-order chi connectivity index (χ1) is 12.1. The number of hydrogen-bond acceptors (Lipinski definition) is 4. The van der Waals surface area contributed by atoms with Gasteiger partial charge in [0.25, 0.3) is 5.91 Å². The maximum absolute atomic E-state index is 12.0. The van der Waals surface area contributed by atoms with Gasteiger partial charge in [0.1, 0.15) is 5.75 Å². The van der Waals surface area contributed by atoms with Gasteiger partial charge in [0.15, 0.2) is 6.61 Å². The van der Waals surface area contributed by atoms with E-state index >= 15 is 0 Å². The van der Waals surface area contributed by atoms with Gasteiger partial charge in [0, 0.05) is 5.69 Å². The Morgan fingerprint density at radius 3 is 2.52 bits per heavy atom. The van der Waals surface area contributed by atoms with E-state index in [-0.39, 0.29) is 12.5 Å². The molecule has 0 aliphatic carbocycles. The first-order valence-corrected chi connectivity index (χ1v) is 8.32. The predicted octanol–water partition coefficient (Wildman–Crippen LogP) is 3.83. The van der Waals surface area contributed by atoms with Crippen LogP contribution in [-0.2, 0) is 16.0 Å². The molecule has 5 nitrogen and oxygen atoms in total. The lowest BCUT2D eigenvalue weighted by Gasteiger charge is -2.08. The van der Waals surface area contributed by atoms with E-state index in [2.05, 4.69) is 12.2 Å². The summed E-state index contributed by atoms with van der Waals surface area (Å²) in [7, 11) is 1.52. The molecule has 0 saturated carbocycles. The van der Waals surface area contributed by atoms with Gasteiger partial charge >= 0.3 is 5.97 Å². The topological polar surface area (TPSA) is 64.6 Å². The average molecular weight is 341 g/mol. The van der Waals surface area contributed by atoms with Crippen LogP contribution >= 0.6 is 0 Å². The highest BCUT2D eigenvalue weighted by Gasteiger charge is 2.11. The molecule has 1 N–H and O–H groups in total. The lowest BCUT2D eigenvalue weighted by atomic mass is 10.1. The minimum Gasteiger partial charge on any atom is -0.497 e. The highest BCUT2D eigenvalue weighted by Crippen LogP contribution is 2.14. The van der Waals surface area contributed by atoms with E-state index < -0.39 is 5.97 Å². The van der Waals surface area contributed by atoms with Crippen LogP contribution in [0.25, 0.3) is 0 Å². The average Bonchev–Trinajstić information content (AvgIpc) is 2.65. The fourth-order valence-corrected chi connectivity index (χ4v) is 2.30. The van der Waals surface area contributed by atoms with Crippen molar-refractivity contribution in [2.45, 2.75) is 26.2 Å². The molecule has 0 aromatic heterocycles. The number of aryl methyl sites for hydroxylation is 1. The van der Waals surface area contributed by atoms with Gasteiger partial charge in [0.2, 0.25) is 0 Å². The van der Waals surface area contributed by atoms with Gasteiger partial charge in [-0.05, 0) is 48.7 Å². The third-order valence-corrected chi connectivity index (χ3v) is 3.70. The fourth-order valence-electron chi connectivity index (χ4n) is 2.30. The van der Waals surface area contributed by atoms with Crippen molar-refractivity contribution in [2.75, 3.05) is 19.0 Å². The Morgan fingerprint density at radius 1 is 1.08 bits per heavy atom. The van der Waals surface area contributed by atoms with Crippen LogP contribution in [0.5, 0.6) is 5.75 Å². The highest BCUT2D eigenvalue weighted by atomic mass is 16.5. The highest BCUT2D eigenvalue weighted by molar-refractivity contribution is 5.95. The molecule has 2 aromatic rings. The minimum atomic E-state index is -0.566. The maximum atomic E-state index is 12.0. The van der Waals surface area contributed by atoms with Crippen molar-refractivity contribution >= 4 is 17.6 Å². The predicted molar refractivity (Wildman–Crippen MR) is 97.0 cm³/mol. The second-order valence-corrected chi connectivity index (χ2v) is 5.66. The number of methoxy groups -OCH3 is 1. The number of carbonyl (C=O) groups excluding carboxylic acids is 2. The third-order valence-electron chi connectivity index (χ3n) is 3.70. The van der Waals surface area contributed by atoms with Crippen LogP contribution in [-0.4, -0.2) is 25.6 Å². The van der Waals surface area contributed by atoms with Crippen molar-refractivity contribution < 1.29 is 19.1 Å². The van der Waals surface area contributed by atoms with E-state index in [0.29, 0.717) is 17.0 Å². The Bertz CT molecular complexity index is 710. The van der Waals surface area contributed by atoms with E-state index in [0.717, 1.165) is 19.3 Å². The first-order valence-electron chi connectivity index (χ1n) is 8.32. The van der Waals surface area contributed by atoms with Gasteiger partial charge in [-0.3, -0.25) is 4.79 Å². The number of nitrogens with one attached hydrogen (secondary N) is 1. The van der Waals surface area contributed by atoms with Crippen molar-refractivity contribution in [3.63, 3.8) is 0 Å². The van der Waals surface area contributed by atoms with Crippen molar-refractivity contribution in [1.82, 2.24) is 0 Å². The summed E-state index contributed by atoms with van der Waals surface area (Å²) in [6.45, 7) is 1.81. The Labute approximate surface area is 148 Å². The Hall–Kier alpha value is -2.82. The fraction of sp³-hybridized carbons (Fsp3) is 0.300. The molecule has 0 radical (unpaired) electrons. The number of benzene rings is 2. The Balaban J connectivity index is 1.82. The zero-order valence-electron chi connectivity index (χ0n) is 14.6. The number of anilines is 1. The standard InChI is InChI=1S/C20H23NO4/c1-3-4-6-15-9-11-17(12-10-15)21-19(22)14-25-20(23)16-7-5-8-18(13-16)24-2/h5,7-13H,3-4,6,14H2,1-2H3,(H,21,22). The zero-order chi connectivity index (χ0) is 18.1. The summed E-state index contributed by atoms with van der Waals surface area (Å²) < 4.78 is 10.1. The first kappa shape index (κ1) is 18.5. The number of esters is 1. The molecule has 0 saturated heterocycles. The van der Waals surface area contributed by atoms with E-state index in [9.17, 15) is 9.59 Å². The van der Waals surface area contributed by atoms with Gasteiger partial charge in [-0.15, -0.1) is 0 Å². The number of amides is 1. The van der Waals surface area contributed by atoms with Crippen LogP contribution in [0.1, 0.15) is 35.7 Å². The molecule has 2 aromatic carbocycles. The van der Waals surface area contributed by atoms with Crippen LogP contribution in [0.2, 0.25) is 0 Å². The molecule has 0 heterocycles. The lowest BCUT2D eigenvalue weighted by molar-refractivity contribution is -0.119.